The van der Waals surface area contributed by atoms with Crippen LogP contribution in [0.15, 0.2) is 66.9 Å². The normalized spacial score (nSPS) is 11.8. The van der Waals surface area contributed by atoms with Crippen LogP contribution in [-0.4, -0.2) is 29.9 Å². The third-order valence-electron chi connectivity index (χ3n) is 5.95. The summed E-state index contributed by atoms with van der Waals surface area (Å²) in [4.78, 5) is 20.9. The van der Waals surface area contributed by atoms with Crippen molar-refractivity contribution in [3.05, 3.63) is 94.6 Å². The van der Waals surface area contributed by atoms with Crippen molar-refractivity contribution in [3.8, 4) is 11.1 Å². The van der Waals surface area contributed by atoms with E-state index in [1.54, 1.807) is 31.3 Å². The SMILES string of the molecule is CCCS(=O)(=O)Nc1ccc(F)c(C(=O)c2ccc3[nH]c4ncc(-c5ccc(Cl)cc5)cc4c3c2)c1F. The van der Waals surface area contributed by atoms with Gasteiger partial charge in [-0.1, -0.05) is 30.7 Å². The topological polar surface area (TPSA) is 91.9 Å². The number of H-pyrrole nitrogens is 1. The Morgan fingerprint density at radius 2 is 1.76 bits per heavy atom. The summed E-state index contributed by atoms with van der Waals surface area (Å²) in [7, 11) is -3.84. The maximum atomic E-state index is 15.2. The average molecular weight is 540 g/mol. The van der Waals surface area contributed by atoms with Gasteiger partial charge in [0.25, 0.3) is 0 Å². The molecule has 2 aromatic heterocycles. The Morgan fingerprint density at radius 3 is 2.49 bits per heavy atom. The second kappa shape index (κ2) is 9.57. The number of anilines is 1. The second-order valence-corrected chi connectivity index (χ2v) is 10.8. The van der Waals surface area contributed by atoms with E-state index in [9.17, 15) is 17.6 Å². The highest BCUT2D eigenvalue weighted by atomic mass is 35.5. The number of fused-ring (bicyclic) bond motifs is 3. The molecule has 0 aliphatic rings. The molecule has 0 amide bonds. The number of aromatic amines is 1. The van der Waals surface area contributed by atoms with Crippen molar-refractivity contribution in [1.82, 2.24) is 9.97 Å². The Balaban J connectivity index is 1.58. The number of hydrogen-bond donors (Lipinski definition) is 2. The van der Waals surface area contributed by atoms with Crippen LogP contribution in [0.4, 0.5) is 14.5 Å². The minimum Gasteiger partial charge on any atom is -0.339 e. The van der Waals surface area contributed by atoms with Gasteiger partial charge < -0.3 is 4.98 Å². The van der Waals surface area contributed by atoms with Crippen molar-refractivity contribution >= 4 is 55.0 Å². The number of halogens is 3. The summed E-state index contributed by atoms with van der Waals surface area (Å²) >= 11 is 5.99. The summed E-state index contributed by atoms with van der Waals surface area (Å²) in [6.07, 6.45) is 2.02. The molecule has 6 nitrogen and oxygen atoms in total. The number of hydrogen-bond acceptors (Lipinski definition) is 4. The molecule has 0 radical (unpaired) electrons. The van der Waals surface area contributed by atoms with Gasteiger partial charge in [0.2, 0.25) is 10.0 Å². The van der Waals surface area contributed by atoms with E-state index in [2.05, 4.69) is 14.7 Å². The van der Waals surface area contributed by atoms with Crippen LogP contribution in [0.2, 0.25) is 5.02 Å². The van der Waals surface area contributed by atoms with Crippen LogP contribution in [0.25, 0.3) is 33.1 Å². The molecule has 0 aliphatic heterocycles. The lowest BCUT2D eigenvalue weighted by Gasteiger charge is -2.11. The Morgan fingerprint density at radius 1 is 1.00 bits per heavy atom. The summed E-state index contributed by atoms with van der Waals surface area (Å²) in [5, 5.41) is 1.97. The van der Waals surface area contributed by atoms with Gasteiger partial charge in [-0.3, -0.25) is 9.52 Å². The largest absolute Gasteiger partial charge is 0.339 e. The summed E-state index contributed by atoms with van der Waals surface area (Å²) < 4.78 is 56.2. The van der Waals surface area contributed by atoms with E-state index in [0.29, 0.717) is 28.0 Å². The van der Waals surface area contributed by atoms with Gasteiger partial charge in [0.05, 0.1) is 17.0 Å². The Kier molecular flexibility index (Phi) is 6.43. The third kappa shape index (κ3) is 4.80. The van der Waals surface area contributed by atoms with E-state index in [4.69, 9.17) is 11.6 Å². The van der Waals surface area contributed by atoms with Crippen LogP contribution in [-0.2, 0) is 10.0 Å². The van der Waals surface area contributed by atoms with Crippen molar-refractivity contribution in [2.24, 2.45) is 0 Å². The number of ketones is 1. The fraction of sp³-hybridized carbons (Fsp3) is 0.111. The van der Waals surface area contributed by atoms with Gasteiger partial charge in [-0.25, -0.2) is 22.2 Å². The summed E-state index contributed by atoms with van der Waals surface area (Å²) in [5.74, 6) is -3.51. The first-order valence-corrected chi connectivity index (χ1v) is 13.4. The third-order valence-corrected chi connectivity index (χ3v) is 7.68. The number of carbonyl (C=O) groups excluding carboxylic acids is 1. The lowest BCUT2D eigenvalue weighted by molar-refractivity contribution is 0.103. The zero-order valence-electron chi connectivity index (χ0n) is 19.5. The van der Waals surface area contributed by atoms with Crippen molar-refractivity contribution in [2.45, 2.75) is 13.3 Å². The van der Waals surface area contributed by atoms with Crippen LogP contribution in [0.1, 0.15) is 29.3 Å². The van der Waals surface area contributed by atoms with Crippen LogP contribution >= 0.6 is 11.6 Å². The molecule has 0 aliphatic carbocycles. The molecule has 2 N–H and O–H groups in total. The highest BCUT2D eigenvalue weighted by Crippen LogP contribution is 2.31. The molecule has 188 valence electrons. The van der Waals surface area contributed by atoms with Gasteiger partial charge in [-0.15, -0.1) is 0 Å². The van der Waals surface area contributed by atoms with Gasteiger partial charge in [0.1, 0.15) is 11.5 Å². The molecule has 2 heterocycles. The van der Waals surface area contributed by atoms with E-state index >= 15 is 4.39 Å². The van der Waals surface area contributed by atoms with Crippen LogP contribution < -0.4 is 4.72 Å². The Bertz CT molecular complexity index is 1790. The van der Waals surface area contributed by atoms with E-state index < -0.39 is 38.7 Å². The van der Waals surface area contributed by atoms with Crippen molar-refractivity contribution in [3.63, 3.8) is 0 Å². The van der Waals surface area contributed by atoms with Gasteiger partial charge >= 0.3 is 0 Å². The van der Waals surface area contributed by atoms with Gasteiger partial charge in [-0.2, -0.15) is 0 Å². The molecule has 0 fully saturated rings. The summed E-state index contributed by atoms with van der Waals surface area (Å²) in [5.41, 5.74) is 1.71. The molecule has 0 unspecified atom stereocenters. The number of nitrogens with zero attached hydrogens (tertiary/aromatic N) is 1. The van der Waals surface area contributed by atoms with Crippen molar-refractivity contribution in [2.75, 3.05) is 10.5 Å². The Hall–Kier alpha value is -3.82. The number of nitrogens with one attached hydrogen (secondary N) is 2. The maximum Gasteiger partial charge on any atom is 0.232 e. The predicted octanol–water partition coefficient (Wildman–Crippen LogP) is 6.70. The molecule has 0 saturated heterocycles. The fourth-order valence-electron chi connectivity index (χ4n) is 4.19. The predicted molar refractivity (Wildman–Crippen MR) is 142 cm³/mol. The molecular formula is C27H20ClF2N3O3S. The number of rotatable bonds is 7. The molecule has 5 aromatic rings. The van der Waals surface area contributed by atoms with E-state index in [1.807, 2.05) is 18.2 Å². The quantitative estimate of drug-likeness (QED) is 0.225. The Labute approximate surface area is 216 Å². The number of benzene rings is 3. The molecule has 0 bridgehead atoms. The number of carbonyl (C=O) groups is 1. The van der Waals surface area contributed by atoms with Crippen molar-refractivity contribution in [1.29, 1.82) is 0 Å². The molecule has 5 rings (SSSR count). The number of pyridine rings is 1. The second-order valence-electron chi connectivity index (χ2n) is 8.55. The average Bonchev–Trinajstić information content (AvgIpc) is 3.23. The monoisotopic (exact) mass is 539 g/mol. The van der Waals surface area contributed by atoms with Crippen LogP contribution in [0, 0.1) is 11.6 Å². The van der Waals surface area contributed by atoms with Gasteiger partial charge in [-0.05, 0) is 60.5 Å². The summed E-state index contributed by atoms with van der Waals surface area (Å²) in [6, 6.07) is 15.6. The number of aromatic nitrogens is 2. The summed E-state index contributed by atoms with van der Waals surface area (Å²) in [6.45, 7) is 1.66. The molecule has 0 atom stereocenters. The highest BCUT2D eigenvalue weighted by Gasteiger charge is 2.24. The molecule has 10 heteroatoms. The van der Waals surface area contributed by atoms with Gasteiger partial charge in [0, 0.05) is 38.6 Å². The zero-order chi connectivity index (χ0) is 26.3. The lowest BCUT2D eigenvalue weighted by atomic mass is 9.99. The lowest BCUT2D eigenvalue weighted by Crippen LogP contribution is -2.18. The van der Waals surface area contributed by atoms with Gasteiger partial charge in [0.15, 0.2) is 11.6 Å². The standard InChI is InChI=1S/C27H20ClF2N3O3S/c1-2-11-37(35,36)33-23-10-8-21(29)24(25(23)30)26(34)16-5-9-22-19(12-16)20-13-17(14-31-27(20)32-22)15-3-6-18(28)7-4-15/h3-10,12-14,33H,2,11H2,1H3,(H,31,32). The minimum atomic E-state index is -3.84. The van der Waals surface area contributed by atoms with E-state index in [-0.39, 0.29) is 11.3 Å². The van der Waals surface area contributed by atoms with E-state index in [0.717, 1.165) is 28.6 Å². The molecule has 0 saturated carbocycles. The molecule has 37 heavy (non-hydrogen) atoms. The molecular weight excluding hydrogens is 520 g/mol. The number of sulfonamides is 1. The minimum absolute atomic E-state index is 0.0386. The van der Waals surface area contributed by atoms with E-state index in [1.165, 1.54) is 12.1 Å². The first-order chi connectivity index (χ1) is 17.7. The fourth-order valence-corrected chi connectivity index (χ4v) is 5.44. The molecule has 3 aromatic carbocycles. The maximum absolute atomic E-state index is 15.2. The molecule has 0 spiro atoms. The smallest absolute Gasteiger partial charge is 0.232 e. The van der Waals surface area contributed by atoms with Crippen LogP contribution in [0.3, 0.4) is 0 Å². The van der Waals surface area contributed by atoms with Crippen LogP contribution in [0.5, 0.6) is 0 Å². The highest BCUT2D eigenvalue weighted by molar-refractivity contribution is 7.92. The zero-order valence-corrected chi connectivity index (χ0v) is 21.1. The first-order valence-electron chi connectivity index (χ1n) is 11.4. The first kappa shape index (κ1) is 24.9. The van der Waals surface area contributed by atoms with Crippen molar-refractivity contribution < 1.29 is 22.0 Å².